The average Bonchev–Trinajstić information content (AvgIpc) is 3.34. The Morgan fingerprint density at radius 3 is 1.09 bits per heavy atom. The Hall–Kier alpha value is -3.60. The summed E-state index contributed by atoms with van der Waals surface area (Å²) >= 11 is 0. The number of unbranched alkanes of at least 4 members (excludes halogenated alkanes) is 14. The van der Waals surface area contributed by atoms with E-state index in [9.17, 15) is 0 Å². The highest BCUT2D eigenvalue weighted by molar-refractivity contribution is 5.45. The van der Waals surface area contributed by atoms with Crippen LogP contribution < -0.4 is 4.74 Å². The fourth-order valence-corrected chi connectivity index (χ4v) is 10.9. The van der Waals surface area contributed by atoms with Crippen LogP contribution in [0.1, 0.15) is 252 Å². The van der Waals surface area contributed by atoms with Gasteiger partial charge in [-0.3, -0.25) is 0 Å². The van der Waals surface area contributed by atoms with Crippen molar-refractivity contribution in [1.29, 1.82) is 0 Å². The van der Waals surface area contributed by atoms with Crippen LogP contribution in [0.25, 0.3) is 0 Å². The highest BCUT2D eigenvalue weighted by Crippen LogP contribution is 2.41. The van der Waals surface area contributed by atoms with Gasteiger partial charge in [0.1, 0.15) is 23.1 Å². The normalized spacial score (nSPS) is 18.8. The molecule has 2 aromatic heterocycles. The number of aryl methyl sites for hydroxylation is 4. The van der Waals surface area contributed by atoms with Crippen molar-refractivity contribution in [3.8, 4) is 11.5 Å². The molecular weight excluding hydrogens is 793 g/mol. The largest absolute Gasteiger partial charge is 0.457 e. The zero-order chi connectivity index (χ0) is 45.3. The van der Waals surface area contributed by atoms with Crippen molar-refractivity contribution in [1.82, 2.24) is 19.9 Å². The Bertz CT molecular complexity index is 1740. The lowest BCUT2D eigenvalue weighted by Crippen LogP contribution is -2.18. The number of hydrogen-bond acceptors (Lipinski definition) is 5. The molecule has 0 amide bonds. The SMILES string of the molecule is CCCCCCCCc1ccc(Oc2ccc(CCCCCCCC)cc2CC2CCC(c3ncc(CCCCC)cn3)CC2)c(CC2CCC(c3ncc(CCCCC)cn3)CC2)c1. The van der Waals surface area contributed by atoms with E-state index in [1.54, 1.807) is 0 Å². The molecule has 65 heavy (non-hydrogen) atoms. The lowest BCUT2D eigenvalue weighted by atomic mass is 9.78. The second-order valence-electron chi connectivity index (χ2n) is 20.7. The zero-order valence-electron chi connectivity index (χ0n) is 41.9. The monoisotopic (exact) mass is 883 g/mol. The minimum atomic E-state index is 0.478. The van der Waals surface area contributed by atoms with Crippen LogP contribution in [-0.2, 0) is 38.5 Å². The third kappa shape index (κ3) is 17.5. The van der Waals surface area contributed by atoms with E-state index in [2.05, 4.69) is 88.9 Å². The molecule has 0 aliphatic heterocycles. The van der Waals surface area contributed by atoms with Gasteiger partial charge in [-0.25, -0.2) is 19.9 Å². The van der Waals surface area contributed by atoms with E-state index in [-0.39, 0.29) is 0 Å². The van der Waals surface area contributed by atoms with Gasteiger partial charge in [0, 0.05) is 36.6 Å². The topological polar surface area (TPSA) is 60.8 Å². The number of rotatable bonds is 30. The van der Waals surface area contributed by atoms with Crippen molar-refractivity contribution < 1.29 is 4.74 Å². The standard InChI is InChI=1S/C60H90N4O/c1-5-9-13-15-17-21-23-47-31-37-57(55(39-47)41-49-27-33-53(34-28-49)59-61-43-51(44-62-59)25-19-11-7-3)65-58-38-32-48(24-22-18-16-14-10-6-2)40-56(58)42-50-29-35-54(36-30-50)60-63-45-52(46-64-60)26-20-12-8-4/h31-32,37-40,43-46,49-50,53-54H,5-30,33-36,41-42H2,1-4H3. The summed E-state index contributed by atoms with van der Waals surface area (Å²) in [4.78, 5) is 19.6. The Balaban J connectivity index is 1.14. The fraction of sp³-hybridized carbons (Fsp3) is 0.667. The number of ether oxygens (including phenoxy) is 1. The van der Waals surface area contributed by atoms with Crippen molar-refractivity contribution in [3.05, 3.63) is 106 Å². The molecule has 0 unspecified atom stereocenters. The van der Waals surface area contributed by atoms with Gasteiger partial charge in [0.15, 0.2) is 0 Å². The maximum Gasteiger partial charge on any atom is 0.131 e. The van der Waals surface area contributed by atoms with Gasteiger partial charge in [-0.05, 0) is 173 Å². The minimum Gasteiger partial charge on any atom is -0.457 e. The molecule has 0 N–H and O–H groups in total. The molecule has 2 heterocycles. The van der Waals surface area contributed by atoms with Crippen LogP contribution in [-0.4, -0.2) is 19.9 Å². The maximum atomic E-state index is 7.21. The van der Waals surface area contributed by atoms with E-state index in [0.29, 0.717) is 23.7 Å². The summed E-state index contributed by atoms with van der Waals surface area (Å²) in [5.41, 5.74) is 8.34. The summed E-state index contributed by atoms with van der Waals surface area (Å²) in [6.45, 7) is 9.15. The molecule has 0 bridgehead atoms. The first-order valence-electron chi connectivity index (χ1n) is 27.6. The van der Waals surface area contributed by atoms with Crippen molar-refractivity contribution in [2.45, 2.75) is 245 Å². The summed E-state index contributed by atoms with van der Waals surface area (Å²) in [6.07, 6.45) is 48.2. The molecule has 0 atom stereocenters. The number of benzene rings is 2. The lowest BCUT2D eigenvalue weighted by Gasteiger charge is -2.29. The summed E-state index contributed by atoms with van der Waals surface area (Å²) in [5, 5.41) is 0. The molecule has 4 aromatic rings. The molecule has 2 aliphatic carbocycles. The summed E-state index contributed by atoms with van der Waals surface area (Å²) in [6, 6.07) is 14.5. The molecule has 356 valence electrons. The first-order valence-corrected chi connectivity index (χ1v) is 27.6. The number of aromatic nitrogens is 4. The second kappa shape index (κ2) is 29.2. The predicted molar refractivity (Wildman–Crippen MR) is 274 cm³/mol. The van der Waals surface area contributed by atoms with Gasteiger partial charge in [-0.15, -0.1) is 0 Å². The lowest BCUT2D eigenvalue weighted by molar-refractivity contribution is 0.312. The summed E-state index contributed by atoms with van der Waals surface area (Å²) in [5.74, 6) is 6.54. The molecule has 2 aliphatic rings. The van der Waals surface area contributed by atoms with Crippen molar-refractivity contribution >= 4 is 0 Å². The first-order chi connectivity index (χ1) is 32.0. The Morgan fingerprint density at radius 1 is 0.385 bits per heavy atom. The summed E-state index contributed by atoms with van der Waals surface area (Å²) < 4.78 is 7.21. The van der Waals surface area contributed by atoms with E-state index >= 15 is 0 Å². The molecule has 0 spiro atoms. The second-order valence-corrected chi connectivity index (χ2v) is 20.7. The highest BCUT2D eigenvalue weighted by atomic mass is 16.5. The highest BCUT2D eigenvalue weighted by Gasteiger charge is 2.27. The Morgan fingerprint density at radius 2 is 0.708 bits per heavy atom. The van der Waals surface area contributed by atoms with Gasteiger partial charge in [-0.1, -0.05) is 142 Å². The fourth-order valence-electron chi connectivity index (χ4n) is 10.9. The summed E-state index contributed by atoms with van der Waals surface area (Å²) in [7, 11) is 0. The first kappa shape index (κ1) is 50.8. The molecule has 5 nitrogen and oxygen atoms in total. The van der Waals surface area contributed by atoms with Crippen molar-refractivity contribution in [2.24, 2.45) is 11.8 Å². The third-order valence-electron chi connectivity index (χ3n) is 15.1. The van der Waals surface area contributed by atoms with Crippen molar-refractivity contribution in [3.63, 3.8) is 0 Å². The molecule has 6 rings (SSSR count). The van der Waals surface area contributed by atoms with Gasteiger partial charge in [-0.2, -0.15) is 0 Å². The van der Waals surface area contributed by atoms with Crippen LogP contribution in [0.3, 0.4) is 0 Å². The quantitative estimate of drug-likeness (QED) is 0.0488. The molecule has 0 saturated heterocycles. The van der Waals surface area contributed by atoms with Gasteiger partial charge in [0.05, 0.1) is 0 Å². The van der Waals surface area contributed by atoms with Crippen LogP contribution in [0, 0.1) is 11.8 Å². The molecule has 5 heteroatoms. The average molecular weight is 883 g/mol. The third-order valence-corrected chi connectivity index (χ3v) is 15.1. The van der Waals surface area contributed by atoms with Gasteiger partial charge < -0.3 is 4.74 Å². The number of nitrogens with zero attached hydrogens (tertiary/aromatic N) is 4. The van der Waals surface area contributed by atoms with E-state index in [1.807, 2.05) is 0 Å². The molecule has 0 radical (unpaired) electrons. The van der Waals surface area contributed by atoms with Crippen LogP contribution in [0.15, 0.2) is 61.2 Å². The molecule has 2 saturated carbocycles. The number of hydrogen-bond donors (Lipinski definition) is 0. The molecule has 2 aromatic carbocycles. The Kier molecular flexibility index (Phi) is 22.8. The zero-order valence-corrected chi connectivity index (χ0v) is 41.9. The Labute approximate surface area is 397 Å². The van der Waals surface area contributed by atoms with Crippen LogP contribution >= 0.6 is 0 Å². The van der Waals surface area contributed by atoms with Gasteiger partial charge in [0.2, 0.25) is 0 Å². The maximum absolute atomic E-state index is 7.21. The van der Waals surface area contributed by atoms with Crippen LogP contribution in [0.5, 0.6) is 11.5 Å². The van der Waals surface area contributed by atoms with Crippen LogP contribution in [0.2, 0.25) is 0 Å². The van der Waals surface area contributed by atoms with E-state index < -0.39 is 0 Å². The smallest absolute Gasteiger partial charge is 0.131 e. The minimum absolute atomic E-state index is 0.478. The van der Waals surface area contributed by atoms with Gasteiger partial charge >= 0.3 is 0 Å². The van der Waals surface area contributed by atoms with Gasteiger partial charge in [0.25, 0.3) is 0 Å². The van der Waals surface area contributed by atoms with Crippen LogP contribution in [0.4, 0.5) is 0 Å². The molecular formula is C60H90N4O. The van der Waals surface area contributed by atoms with E-state index in [4.69, 9.17) is 24.7 Å². The van der Waals surface area contributed by atoms with Crippen molar-refractivity contribution in [2.75, 3.05) is 0 Å². The van der Waals surface area contributed by atoms with E-state index in [1.165, 1.54) is 200 Å². The molecule has 2 fully saturated rings. The van der Waals surface area contributed by atoms with E-state index in [0.717, 1.165) is 61.7 Å². The predicted octanol–water partition coefficient (Wildman–Crippen LogP) is 17.4.